The molecule has 0 aliphatic carbocycles. The van der Waals surface area contributed by atoms with Crippen LogP contribution in [0, 0.1) is 5.92 Å². The highest BCUT2D eigenvalue weighted by atomic mass is 32.2. The topological polar surface area (TPSA) is 63.2 Å². The smallest absolute Gasteiger partial charge is 0.261 e. The van der Waals surface area contributed by atoms with Crippen LogP contribution in [0.25, 0.3) is 0 Å². The molecule has 2 aromatic carbocycles. The fraction of sp³-hybridized carbons (Fsp3) is 0.278. The van der Waals surface area contributed by atoms with Gasteiger partial charge in [0.25, 0.3) is 10.0 Å². The standard InChI is InChI=1S/C18H21NO3S/c1-13(2)10-15-6-4-8-17(11-15)19-23(21,22)18-9-5-7-16(12-18)14(3)20/h4-9,11-13,19H,10H2,1-3H3. The van der Waals surface area contributed by atoms with Crippen molar-refractivity contribution >= 4 is 21.5 Å². The summed E-state index contributed by atoms with van der Waals surface area (Å²) in [4.78, 5) is 11.5. The summed E-state index contributed by atoms with van der Waals surface area (Å²) < 4.78 is 27.6. The van der Waals surface area contributed by atoms with Gasteiger partial charge in [-0.2, -0.15) is 0 Å². The van der Waals surface area contributed by atoms with E-state index in [1.165, 1.54) is 19.1 Å². The van der Waals surface area contributed by atoms with Crippen LogP contribution in [0.2, 0.25) is 0 Å². The van der Waals surface area contributed by atoms with E-state index in [1.807, 2.05) is 18.2 Å². The van der Waals surface area contributed by atoms with Crippen molar-refractivity contribution in [1.29, 1.82) is 0 Å². The number of carbonyl (C=O) groups excluding carboxylic acids is 1. The van der Waals surface area contributed by atoms with Crippen LogP contribution in [-0.2, 0) is 16.4 Å². The van der Waals surface area contributed by atoms with Crippen molar-refractivity contribution in [3.63, 3.8) is 0 Å². The summed E-state index contributed by atoms with van der Waals surface area (Å²) in [5.41, 5.74) is 1.98. The fourth-order valence-corrected chi connectivity index (χ4v) is 3.42. The molecule has 0 aliphatic rings. The first-order valence-electron chi connectivity index (χ1n) is 7.50. The van der Waals surface area contributed by atoms with Gasteiger partial charge in [0.15, 0.2) is 5.78 Å². The van der Waals surface area contributed by atoms with Gasteiger partial charge in [-0.1, -0.05) is 38.1 Å². The Morgan fingerprint density at radius 3 is 2.43 bits per heavy atom. The molecule has 0 radical (unpaired) electrons. The average molecular weight is 331 g/mol. The van der Waals surface area contributed by atoms with Crippen LogP contribution in [0.5, 0.6) is 0 Å². The third kappa shape index (κ3) is 4.66. The van der Waals surface area contributed by atoms with Gasteiger partial charge in [0.05, 0.1) is 4.90 Å². The van der Waals surface area contributed by atoms with Gasteiger partial charge in [0.1, 0.15) is 0 Å². The SMILES string of the molecule is CC(=O)c1cccc(S(=O)(=O)Nc2cccc(CC(C)C)c2)c1. The monoisotopic (exact) mass is 331 g/mol. The van der Waals surface area contributed by atoms with Crippen LogP contribution < -0.4 is 4.72 Å². The molecule has 5 heteroatoms. The number of benzene rings is 2. The molecule has 0 aliphatic heterocycles. The number of anilines is 1. The maximum Gasteiger partial charge on any atom is 0.261 e. The summed E-state index contributed by atoms with van der Waals surface area (Å²) in [6, 6.07) is 13.4. The van der Waals surface area contributed by atoms with Gasteiger partial charge in [0.2, 0.25) is 0 Å². The van der Waals surface area contributed by atoms with E-state index in [9.17, 15) is 13.2 Å². The third-order valence-corrected chi connectivity index (χ3v) is 4.75. The zero-order chi connectivity index (χ0) is 17.0. The van der Waals surface area contributed by atoms with Crippen molar-refractivity contribution in [2.24, 2.45) is 5.92 Å². The maximum absolute atomic E-state index is 12.5. The molecule has 0 spiro atoms. The Hall–Kier alpha value is -2.14. The predicted octanol–water partition coefficient (Wildman–Crippen LogP) is 3.89. The molecule has 0 saturated carbocycles. The van der Waals surface area contributed by atoms with Gasteiger partial charge < -0.3 is 0 Å². The average Bonchev–Trinajstić information content (AvgIpc) is 2.46. The zero-order valence-electron chi connectivity index (χ0n) is 13.5. The molecular weight excluding hydrogens is 310 g/mol. The summed E-state index contributed by atoms with van der Waals surface area (Å²) in [6.45, 7) is 5.64. The second-order valence-electron chi connectivity index (χ2n) is 5.99. The molecule has 4 nitrogen and oxygen atoms in total. The molecule has 23 heavy (non-hydrogen) atoms. The first-order chi connectivity index (χ1) is 10.8. The summed E-state index contributed by atoms with van der Waals surface area (Å²) in [7, 11) is -3.72. The summed E-state index contributed by atoms with van der Waals surface area (Å²) in [6.07, 6.45) is 0.884. The highest BCUT2D eigenvalue weighted by Gasteiger charge is 2.15. The highest BCUT2D eigenvalue weighted by molar-refractivity contribution is 7.92. The first-order valence-corrected chi connectivity index (χ1v) is 8.99. The van der Waals surface area contributed by atoms with Gasteiger partial charge in [-0.15, -0.1) is 0 Å². The van der Waals surface area contributed by atoms with E-state index in [1.54, 1.807) is 18.2 Å². The minimum absolute atomic E-state index is 0.0828. The Morgan fingerprint density at radius 1 is 1.09 bits per heavy atom. The Bertz CT molecular complexity index is 811. The third-order valence-electron chi connectivity index (χ3n) is 3.37. The molecule has 1 N–H and O–H groups in total. The van der Waals surface area contributed by atoms with Crippen LogP contribution in [-0.4, -0.2) is 14.2 Å². The van der Waals surface area contributed by atoms with E-state index in [0.717, 1.165) is 12.0 Å². The molecule has 0 saturated heterocycles. The quantitative estimate of drug-likeness (QED) is 0.817. The summed E-state index contributed by atoms with van der Waals surface area (Å²) in [5, 5.41) is 0. The van der Waals surface area contributed by atoms with E-state index < -0.39 is 10.0 Å². The van der Waals surface area contributed by atoms with Gasteiger partial charge in [-0.3, -0.25) is 9.52 Å². The van der Waals surface area contributed by atoms with E-state index in [4.69, 9.17) is 0 Å². The van der Waals surface area contributed by atoms with Gasteiger partial charge >= 0.3 is 0 Å². The Balaban J connectivity index is 2.28. The Labute approximate surface area is 137 Å². The van der Waals surface area contributed by atoms with Crippen molar-refractivity contribution in [3.8, 4) is 0 Å². The van der Waals surface area contributed by atoms with Crippen molar-refractivity contribution in [2.75, 3.05) is 4.72 Å². The lowest BCUT2D eigenvalue weighted by atomic mass is 10.0. The van der Waals surface area contributed by atoms with Crippen LogP contribution in [0.3, 0.4) is 0 Å². The summed E-state index contributed by atoms with van der Waals surface area (Å²) >= 11 is 0. The molecule has 0 fully saturated rings. The molecule has 0 aromatic heterocycles. The van der Waals surface area contributed by atoms with E-state index in [0.29, 0.717) is 17.2 Å². The fourth-order valence-electron chi connectivity index (χ4n) is 2.33. The molecule has 2 aromatic rings. The molecule has 0 amide bonds. The summed E-state index contributed by atoms with van der Waals surface area (Å²) in [5.74, 6) is 0.329. The number of sulfonamides is 1. The Kier molecular flexibility index (Phi) is 5.21. The predicted molar refractivity (Wildman–Crippen MR) is 92.2 cm³/mol. The van der Waals surface area contributed by atoms with Gasteiger partial charge in [-0.05, 0) is 49.1 Å². The lowest BCUT2D eigenvalue weighted by Crippen LogP contribution is -2.13. The number of Topliss-reactive ketones (excluding diaryl/α,β-unsaturated/α-hetero) is 1. The number of hydrogen-bond acceptors (Lipinski definition) is 3. The minimum atomic E-state index is -3.72. The lowest BCUT2D eigenvalue weighted by molar-refractivity contribution is 0.101. The van der Waals surface area contributed by atoms with Gasteiger partial charge in [0, 0.05) is 11.3 Å². The molecular formula is C18H21NO3S. The second kappa shape index (κ2) is 6.96. The minimum Gasteiger partial charge on any atom is -0.295 e. The van der Waals surface area contributed by atoms with Crippen LogP contribution in [0.4, 0.5) is 5.69 Å². The molecule has 0 heterocycles. The van der Waals surface area contributed by atoms with Crippen molar-refractivity contribution in [2.45, 2.75) is 32.1 Å². The van der Waals surface area contributed by atoms with Crippen molar-refractivity contribution in [3.05, 3.63) is 59.7 Å². The lowest BCUT2D eigenvalue weighted by Gasteiger charge is -2.11. The number of hydrogen-bond donors (Lipinski definition) is 1. The Morgan fingerprint density at radius 2 is 1.78 bits per heavy atom. The van der Waals surface area contributed by atoms with Crippen LogP contribution >= 0.6 is 0 Å². The van der Waals surface area contributed by atoms with E-state index in [2.05, 4.69) is 18.6 Å². The largest absolute Gasteiger partial charge is 0.295 e. The molecule has 122 valence electrons. The second-order valence-corrected chi connectivity index (χ2v) is 7.67. The van der Waals surface area contributed by atoms with Crippen molar-refractivity contribution < 1.29 is 13.2 Å². The molecule has 2 rings (SSSR count). The van der Waals surface area contributed by atoms with Crippen LogP contribution in [0.1, 0.15) is 36.7 Å². The van der Waals surface area contributed by atoms with Crippen molar-refractivity contribution in [1.82, 2.24) is 0 Å². The van der Waals surface area contributed by atoms with Crippen LogP contribution in [0.15, 0.2) is 53.4 Å². The maximum atomic E-state index is 12.5. The number of carbonyl (C=O) groups is 1. The first kappa shape index (κ1) is 17.2. The molecule has 0 atom stereocenters. The molecule has 0 unspecified atom stereocenters. The molecule has 0 bridgehead atoms. The van der Waals surface area contributed by atoms with E-state index in [-0.39, 0.29) is 10.7 Å². The van der Waals surface area contributed by atoms with E-state index >= 15 is 0 Å². The van der Waals surface area contributed by atoms with Gasteiger partial charge in [-0.25, -0.2) is 8.42 Å². The normalized spacial score (nSPS) is 11.5. The number of rotatable bonds is 6. The zero-order valence-corrected chi connectivity index (χ0v) is 14.4. The highest BCUT2D eigenvalue weighted by Crippen LogP contribution is 2.19. The number of ketones is 1. The number of nitrogens with one attached hydrogen (secondary N) is 1.